The molecule has 1 heterocycles. The Morgan fingerprint density at radius 3 is 2.50 bits per heavy atom. The van der Waals surface area contributed by atoms with Gasteiger partial charge in [0.15, 0.2) is 5.78 Å². The van der Waals surface area contributed by atoms with Crippen LogP contribution in [0.25, 0.3) is 0 Å². The number of ketones is 1. The molecule has 1 aliphatic rings. The standard InChI is InChI=1S/C17H23NO2/c1-2-14-8-10-15(11-9-14)16(19)13-18-12-6-4-3-5-7-17(18)20/h8-11H,2-7,12-13H2,1H3. The maximum absolute atomic E-state index is 12.3. The van der Waals surface area contributed by atoms with Gasteiger partial charge in [-0.2, -0.15) is 0 Å². The van der Waals surface area contributed by atoms with Crippen molar-refractivity contribution < 1.29 is 9.59 Å². The lowest BCUT2D eigenvalue weighted by Gasteiger charge is -2.24. The zero-order valence-corrected chi connectivity index (χ0v) is 12.2. The molecule has 3 heteroatoms. The molecule has 0 N–H and O–H groups in total. The van der Waals surface area contributed by atoms with E-state index < -0.39 is 0 Å². The summed E-state index contributed by atoms with van der Waals surface area (Å²) in [4.78, 5) is 26.0. The smallest absolute Gasteiger partial charge is 0.222 e. The molecule has 0 aromatic heterocycles. The number of nitrogens with zero attached hydrogens (tertiary/aromatic N) is 1. The van der Waals surface area contributed by atoms with E-state index in [4.69, 9.17) is 0 Å². The van der Waals surface area contributed by atoms with Gasteiger partial charge in [0, 0.05) is 18.5 Å². The molecule has 0 bridgehead atoms. The summed E-state index contributed by atoms with van der Waals surface area (Å²) in [5.74, 6) is 0.171. The van der Waals surface area contributed by atoms with E-state index in [-0.39, 0.29) is 18.2 Å². The molecular formula is C17H23NO2. The fraction of sp³-hybridized carbons (Fsp3) is 0.529. The minimum absolute atomic E-state index is 0.0431. The zero-order chi connectivity index (χ0) is 14.4. The summed E-state index contributed by atoms with van der Waals surface area (Å²) >= 11 is 0. The Bertz CT molecular complexity index is 464. The highest BCUT2D eigenvalue weighted by atomic mass is 16.2. The molecule has 3 nitrogen and oxygen atoms in total. The van der Waals surface area contributed by atoms with Gasteiger partial charge in [-0.3, -0.25) is 9.59 Å². The van der Waals surface area contributed by atoms with Crippen LogP contribution in [-0.4, -0.2) is 29.7 Å². The molecule has 1 fully saturated rings. The summed E-state index contributed by atoms with van der Waals surface area (Å²) in [6, 6.07) is 7.72. The predicted molar refractivity (Wildman–Crippen MR) is 79.8 cm³/mol. The quantitative estimate of drug-likeness (QED) is 0.790. The van der Waals surface area contributed by atoms with Crippen molar-refractivity contribution in [2.75, 3.05) is 13.1 Å². The van der Waals surface area contributed by atoms with Crippen molar-refractivity contribution >= 4 is 11.7 Å². The van der Waals surface area contributed by atoms with Crippen LogP contribution in [0, 0.1) is 0 Å². The van der Waals surface area contributed by atoms with Gasteiger partial charge in [-0.1, -0.05) is 44.0 Å². The van der Waals surface area contributed by atoms with Crippen LogP contribution < -0.4 is 0 Å². The molecular weight excluding hydrogens is 250 g/mol. The number of aryl methyl sites for hydroxylation is 1. The van der Waals surface area contributed by atoms with E-state index in [9.17, 15) is 9.59 Å². The van der Waals surface area contributed by atoms with Gasteiger partial charge in [0.05, 0.1) is 6.54 Å². The zero-order valence-electron chi connectivity index (χ0n) is 12.2. The number of hydrogen-bond acceptors (Lipinski definition) is 2. The third kappa shape index (κ3) is 3.92. The van der Waals surface area contributed by atoms with Gasteiger partial charge in [0.1, 0.15) is 0 Å². The first-order valence-corrected chi connectivity index (χ1v) is 7.60. The first-order valence-electron chi connectivity index (χ1n) is 7.60. The van der Waals surface area contributed by atoms with Crippen LogP contribution in [0.15, 0.2) is 24.3 Å². The number of likely N-dealkylation sites (tertiary alicyclic amines) is 1. The molecule has 0 saturated carbocycles. The van der Waals surface area contributed by atoms with E-state index in [1.54, 1.807) is 4.90 Å². The van der Waals surface area contributed by atoms with Crippen LogP contribution in [0.3, 0.4) is 0 Å². The molecule has 1 amide bonds. The Hall–Kier alpha value is -1.64. The number of hydrogen-bond donors (Lipinski definition) is 0. The molecule has 2 rings (SSSR count). The van der Waals surface area contributed by atoms with E-state index in [1.165, 1.54) is 5.56 Å². The summed E-state index contributed by atoms with van der Waals surface area (Å²) in [7, 11) is 0. The Morgan fingerprint density at radius 2 is 1.80 bits per heavy atom. The molecule has 108 valence electrons. The fourth-order valence-electron chi connectivity index (χ4n) is 2.57. The normalized spacial score (nSPS) is 16.6. The van der Waals surface area contributed by atoms with Gasteiger partial charge in [0.2, 0.25) is 5.91 Å². The first kappa shape index (κ1) is 14.8. The van der Waals surface area contributed by atoms with E-state index in [1.807, 2.05) is 24.3 Å². The molecule has 1 aliphatic heterocycles. The maximum Gasteiger partial charge on any atom is 0.222 e. The van der Waals surface area contributed by atoms with Crippen LogP contribution in [0.5, 0.6) is 0 Å². The van der Waals surface area contributed by atoms with E-state index >= 15 is 0 Å². The van der Waals surface area contributed by atoms with Crippen molar-refractivity contribution in [3.63, 3.8) is 0 Å². The Kier molecular flexibility index (Phi) is 5.33. The van der Waals surface area contributed by atoms with E-state index in [0.717, 1.165) is 38.6 Å². The summed E-state index contributed by atoms with van der Waals surface area (Å²) in [5.41, 5.74) is 1.93. The summed E-state index contributed by atoms with van der Waals surface area (Å²) in [6.45, 7) is 3.04. The van der Waals surface area contributed by atoms with Crippen molar-refractivity contribution in [2.45, 2.75) is 45.4 Å². The number of benzene rings is 1. The number of rotatable bonds is 4. The number of carbonyl (C=O) groups excluding carboxylic acids is 2. The van der Waals surface area contributed by atoms with Crippen molar-refractivity contribution in [2.24, 2.45) is 0 Å². The van der Waals surface area contributed by atoms with Gasteiger partial charge in [0.25, 0.3) is 0 Å². The number of amides is 1. The van der Waals surface area contributed by atoms with Crippen LogP contribution >= 0.6 is 0 Å². The minimum Gasteiger partial charge on any atom is -0.335 e. The second-order valence-electron chi connectivity index (χ2n) is 5.45. The van der Waals surface area contributed by atoms with Crippen molar-refractivity contribution in [3.8, 4) is 0 Å². The minimum atomic E-state index is 0.0431. The molecule has 1 saturated heterocycles. The lowest BCUT2D eigenvalue weighted by atomic mass is 10.0. The van der Waals surface area contributed by atoms with Crippen molar-refractivity contribution in [1.82, 2.24) is 4.90 Å². The SMILES string of the molecule is CCc1ccc(C(=O)CN2CCCCCCC2=O)cc1. The molecule has 1 aromatic carbocycles. The fourth-order valence-corrected chi connectivity index (χ4v) is 2.57. The predicted octanol–water partition coefficient (Wildman–Crippen LogP) is 3.22. The van der Waals surface area contributed by atoms with Gasteiger partial charge in [-0.05, 0) is 24.8 Å². The van der Waals surface area contributed by atoms with Gasteiger partial charge in [-0.15, -0.1) is 0 Å². The molecule has 20 heavy (non-hydrogen) atoms. The van der Waals surface area contributed by atoms with Crippen LogP contribution in [0.1, 0.15) is 54.9 Å². The topological polar surface area (TPSA) is 37.4 Å². The third-order valence-electron chi connectivity index (χ3n) is 3.94. The van der Waals surface area contributed by atoms with Gasteiger partial charge >= 0.3 is 0 Å². The molecule has 0 unspecified atom stereocenters. The Labute approximate surface area is 121 Å². The van der Waals surface area contributed by atoms with E-state index in [0.29, 0.717) is 12.0 Å². The molecule has 0 radical (unpaired) electrons. The third-order valence-corrected chi connectivity index (χ3v) is 3.94. The average Bonchev–Trinajstić information content (AvgIpc) is 2.47. The maximum atomic E-state index is 12.3. The monoisotopic (exact) mass is 273 g/mol. The highest BCUT2D eigenvalue weighted by molar-refractivity contribution is 5.99. The summed E-state index contributed by atoms with van der Waals surface area (Å²) < 4.78 is 0. The first-order chi connectivity index (χ1) is 9.70. The van der Waals surface area contributed by atoms with Crippen LogP contribution in [0.4, 0.5) is 0 Å². The average molecular weight is 273 g/mol. The van der Waals surface area contributed by atoms with Gasteiger partial charge in [-0.25, -0.2) is 0 Å². The Morgan fingerprint density at radius 1 is 1.10 bits per heavy atom. The summed E-state index contributed by atoms with van der Waals surface area (Å²) in [6.07, 6.45) is 5.80. The lowest BCUT2D eigenvalue weighted by molar-refractivity contribution is -0.131. The van der Waals surface area contributed by atoms with Crippen LogP contribution in [-0.2, 0) is 11.2 Å². The second-order valence-corrected chi connectivity index (χ2v) is 5.45. The summed E-state index contributed by atoms with van der Waals surface area (Å²) in [5, 5.41) is 0. The van der Waals surface area contributed by atoms with E-state index in [2.05, 4.69) is 6.92 Å². The largest absolute Gasteiger partial charge is 0.335 e. The lowest BCUT2D eigenvalue weighted by Crippen LogP contribution is -2.37. The second kappa shape index (κ2) is 7.22. The molecule has 0 aliphatic carbocycles. The molecule has 1 aromatic rings. The molecule has 0 spiro atoms. The highest BCUT2D eigenvalue weighted by Gasteiger charge is 2.19. The van der Waals surface area contributed by atoms with Gasteiger partial charge < -0.3 is 4.90 Å². The Balaban J connectivity index is 1.99. The number of carbonyl (C=O) groups is 2. The number of Topliss-reactive ketones (excluding diaryl/α,β-unsaturated/α-hetero) is 1. The van der Waals surface area contributed by atoms with Crippen molar-refractivity contribution in [1.29, 1.82) is 0 Å². The molecule has 0 atom stereocenters. The highest BCUT2D eigenvalue weighted by Crippen LogP contribution is 2.13. The van der Waals surface area contributed by atoms with Crippen molar-refractivity contribution in [3.05, 3.63) is 35.4 Å². The van der Waals surface area contributed by atoms with Crippen LogP contribution in [0.2, 0.25) is 0 Å².